The fourth-order valence-electron chi connectivity index (χ4n) is 3.08. The molecular weight excluding hydrogens is 370 g/mol. The Morgan fingerprint density at radius 1 is 1.07 bits per heavy atom. The highest BCUT2D eigenvalue weighted by molar-refractivity contribution is 6.30. The van der Waals surface area contributed by atoms with E-state index in [0.717, 1.165) is 0 Å². The van der Waals surface area contributed by atoms with Crippen molar-refractivity contribution in [3.63, 3.8) is 0 Å². The maximum absolute atomic E-state index is 12.8. The average molecular weight is 396 g/mol. The summed E-state index contributed by atoms with van der Waals surface area (Å²) in [7, 11) is 0. The number of aryl methyl sites for hydroxylation is 1. The van der Waals surface area contributed by atoms with Crippen LogP contribution in [-0.2, 0) is 25.5 Å². The van der Waals surface area contributed by atoms with Gasteiger partial charge in [-0.3, -0.25) is 0 Å². The highest BCUT2D eigenvalue weighted by Gasteiger charge is 2.40. The van der Waals surface area contributed by atoms with Gasteiger partial charge < -0.3 is 19.8 Å². The van der Waals surface area contributed by atoms with Gasteiger partial charge in [-0.2, -0.15) is 0 Å². The lowest BCUT2D eigenvalue weighted by Gasteiger charge is -2.29. The monoisotopic (exact) mass is 395 g/mol. The Morgan fingerprint density at radius 3 is 2.15 bits per heavy atom. The summed E-state index contributed by atoms with van der Waals surface area (Å²) in [6.07, 6.45) is 1.33. The number of H-pyrrole nitrogens is 1. The summed E-state index contributed by atoms with van der Waals surface area (Å²) >= 11 is 6.36. The lowest BCUT2D eigenvalue weighted by Crippen LogP contribution is -2.33. The third kappa shape index (κ3) is 4.35. The number of ether oxygens (including phenoxy) is 2. The minimum atomic E-state index is -0.741. The van der Waals surface area contributed by atoms with Crippen molar-refractivity contribution < 1.29 is 19.1 Å². The number of halogens is 1. The van der Waals surface area contributed by atoms with Crippen molar-refractivity contribution in [2.45, 2.75) is 53.4 Å². The van der Waals surface area contributed by atoms with Gasteiger partial charge in [0.05, 0.1) is 36.0 Å². The van der Waals surface area contributed by atoms with E-state index in [1.807, 2.05) is 13.8 Å². The first-order valence-electron chi connectivity index (χ1n) is 9.12. The predicted molar refractivity (Wildman–Crippen MR) is 102 cm³/mol. The number of imidazole rings is 1. The van der Waals surface area contributed by atoms with Crippen molar-refractivity contribution >= 4 is 23.5 Å². The SMILES string of the molecule is CCCOC(=O)C1=C(C)NC(C)=C(C(=O)OCC)C1c1[nH]c(CC)nc1Cl. The first kappa shape index (κ1) is 21.0. The second kappa shape index (κ2) is 9.08. The first-order chi connectivity index (χ1) is 12.8. The van der Waals surface area contributed by atoms with Gasteiger partial charge >= 0.3 is 11.9 Å². The third-order valence-electron chi connectivity index (χ3n) is 4.27. The second-order valence-electron chi connectivity index (χ2n) is 6.23. The summed E-state index contributed by atoms with van der Waals surface area (Å²) in [5, 5.41) is 3.32. The van der Waals surface area contributed by atoms with Crippen molar-refractivity contribution in [2.75, 3.05) is 13.2 Å². The Labute approximate surface area is 164 Å². The Bertz CT molecular complexity index is 795. The molecule has 0 saturated carbocycles. The quantitative estimate of drug-likeness (QED) is 0.687. The van der Waals surface area contributed by atoms with Gasteiger partial charge in [-0.1, -0.05) is 25.4 Å². The number of aromatic amines is 1. The van der Waals surface area contributed by atoms with E-state index in [2.05, 4.69) is 15.3 Å². The lowest BCUT2D eigenvalue weighted by molar-refractivity contribution is -0.139. The van der Waals surface area contributed by atoms with Crippen LogP contribution in [0.1, 0.15) is 58.5 Å². The third-order valence-corrected chi connectivity index (χ3v) is 4.56. The maximum Gasteiger partial charge on any atom is 0.336 e. The van der Waals surface area contributed by atoms with Crippen LogP contribution in [0.15, 0.2) is 22.5 Å². The zero-order valence-corrected chi connectivity index (χ0v) is 17.1. The number of nitrogens with one attached hydrogen (secondary N) is 2. The summed E-state index contributed by atoms with van der Waals surface area (Å²) in [5.74, 6) is -1.07. The van der Waals surface area contributed by atoms with Crippen LogP contribution in [0.5, 0.6) is 0 Å². The van der Waals surface area contributed by atoms with Crippen molar-refractivity contribution in [3.05, 3.63) is 39.2 Å². The number of carbonyl (C=O) groups excluding carboxylic acids is 2. The fraction of sp³-hybridized carbons (Fsp3) is 0.526. The molecule has 1 aliphatic rings. The van der Waals surface area contributed by atoms with E-state index in [4.69, 9.17) is 21.1 Å². The van der Waals surface area contributed by atoms with Crippen LogP contribution in [0, 0.1) is 0 Å². The molecule has 0 radical (unpaired) electrons. The predicted octanol–water partition coefficient (Wildman–Crippen LogP) is 3.38. The summed E-state index contributed by atoms with van der Waals surface area (Å²) in [5.41, 5.74) is 2.34. The molecule has 27 heavy (non-hydrogen) atoms. The van der Waals surface area contributed by atoms with Crippen molar-refractivity contribution in [3.8, 4) is 0 Å². The fourth-order valence-corrected chi connectivity index (χ4v) is 3.34. The summed E-state index contributed by atoms with van der Waals surface area (Å²) in [6.45, 7) is 9.63. The average Bonchev–Trinajstić information content (AvgIpc) is 2.99. The maximum atomic E-state index is 12.8. The second-order valence-corrected chi connectivity index (χ2v) is 6.59. The van der Waals surface area contributed by atoms with E-state index in [9.17, 15) is 9.59 Å². The molecule has 0 bridgehead atoms. The van der Waals surface area contributed by atoms with E-state index >= 15 is 0 Å². The highest BCUT2D eigenvalue weighted by Crippen LogP contribution is 2.41. The molecule has 0 saturated heterocycles. The van der Waals surface area contributed by atoms with Crippen LogP contribution >= 0.6 is 11.6 Å². The number of esters is 2. The number of rotatable bonds is 7. The molecule has 148 valence electrons. The minimum Gasteiger partial charge on any atom is -0.463 e. The van der Waals surface area contributed by atoms with Crippen LogP contribution in [-0.4, -0.2) is 35.1 Å². The molecule has 2 N–H and O–H groups in total. The van der Waals surface area contributed by atoms with Gasteiger partial charge in [-0.25, -0.2) is 14.6 Å². The van der Waals surface area contributed by atoms with Crippen molar-refractivity contribution in [2.24, 2.45) is 0 Å². The molecule has 1 atom stereocenters. The van der Waals surface area contributed by atoms with Crippen molar-refractivity contribution in [1.29, 1.82) is 0 Å². The number of hydrogen-bond acceptors (Lipinski definition) is 6. The number of carbonyl (C=O) groups is 2. The van der Waals surface area contributed by atoms with Gasteiger partial charge in [0, 0.05) is 17.8 Å². The van der Waals surface area contributed by atoms with Crippen molar-refractivity contribution in [1.82, 2.24) is 15.3 Å². The van der Waals surface area contributed by atoms with Crippen LogP contribution in [0.2, 0.25) is 5.15 Å². The normalized spacial score (nSPS) is 17.0. The summed E-state index contributed by atoms with van der Waals surface area (Å²) in [4.78, 5) is 32.9. The van der Waals surface area contributed by atoms with Crippen LogP contribution in [0.3, 0.4) is 0 Å². The Hall–Kier alpha value is -2.28. The van der Waals surface area contributed by atoms with E-state index < -0.39 is 17.9 Å². The molecule has 2 rings (SSSR count). The molecule has 2 heterocycles. The van der Waals surface area contributed by atoms with Gasteiger partial charge in [-0.15, -0.1) is 0 Å². The number of dihydropyridines is 1. The Balaban J connectivity index is 2.63. The molecule has 0 amide bonds. The molecule has 0 spiro atoms. The standard InChI is InChI=1S/C19H26ClN3O4/c1-6-9-27-19(25)14-11(5)21-10(4)13(18(24)26-8-3)15(14)16-17(20)23-12(7-2)22-16/h15,21H,6-9H2,1-5H3,(H,22,23). The molecule has 0 aromatic carbocycles. The van der Waals surface area contributed by atoms with Gasteiger partial charge in [0.25, 0.3) is 0 Å². The molecule has 8 heteroatoms. The number of allylic oxidation sites excluding steroid dienone is 2. The smallest absolute Gasteiger partial charge is 0.336 e. The highest BCUT2D eigenvalue weighted by atomic mass is 35.5. The molecule has 1 aromatic rings. The van der Waals surface area contributed by atoms with E-state index in [-0.39, 0.29) is 18.4 Å². The summed E-state index contributed by atoms with van der Waals surface area (Å²) in [6, 6.07) is 0. The topological polar surface area (TPSA) is 93.3 Å². The van der Waals surface area contributed by atoms with E-state index in [0.29, 0.717) is 46.9 Å². The number of nitrogens with zero attached hydrogens (tertiary/aromatic N) is 1. The minimum absolute atomic E-state index is 0.220. The van der Waals surface area contributed by atoms with Gasteiger partial charge in [0.15, 0.2) is 5.15 Å². The largest absolute Gasteiger partial charge is 0.463 e. The zero-order chi connectivity index (χ0) is 20.1. The number of aromatic nitrogens is 2. The molecular formula is C19H26ClN3O4. The van der Waals surface area contributed by atoms with E-state index in [1.165, 1.54) is 0 Å². The van der Waals surface area contributed by atoms with Gasteiger partial charge in [-0.05, 0) is 27.2 Å². The zero-order valence-electron chi connectivity index (χ0n) is 16.4. The molecule has 1 unspecified atom stereocenters. The van der Waals surface area contributed by atoms with Gasteiger partial charge in [0.1, 0.15) is 5.82 Å². The lowest BCUT2D eigenvalue weighted by atomic mass is 9.83. The molecule has 0 fully saturated rings. The Kier molecular flexibility index (Phi) is 7.07. The molecule has 0 aliphatic carbocycles. The van der Waals surface area contributed by atoms with E-state index in [1.54, 1.807) is 20.8 Å². The number of hydrogen-bond donors (Lipinski definition) is 2. The molecule has 1 aromatic heterocycles. The summed E-state index contributed by atoms with van der Waals surface area (Å²) < 4.78 is 10.6. The van der Waals surface area contributed by atoms with Crippen LogP contribution in [0.4, 0.5) is 0 Å². The molecule has 1 aliphatic heterocycles. The van der Waals surface area contributed by atoms with Crippen LogP contribution < -0.4 is 5.32 Å². The van der Waals surface area contributed by atoms with Crippen LogP contribution in [0.25, 0.3) is 0 Å². The first-order valence-corrected chi connectivity index (χ1v) is 9.50. The van der Waals surface area contributed by atoms with Gasteiger partial charge in [0.2, 0.25) is 0 Å². The molecule has 7 nitrogen and oxygen atoms in total. The Morgan fingerprint density at radius 2 is 1.67 bits per heavy atom.